The number of nitrogens with one attached hydrogen (secondary N) is 1. The predicted molar refractivity (Wildman–Crippen MR) is 72.8 cm³/mol. The van der Waals surface area contributed by atoms with Gasteiger partial charge in [0.05, 0.1) is 0 Å². The summed E-state index contributed by atoms with van der Waals surface area (Å²) in [7, 11) is 2.13. The number of rotatable bonds is 7. The number of hydrogen-bond acceptors (Lipinski definition) is 2. The van der Waals surface area contributed by atoms with Crippen molar-refractivity contribution < 1.29 is 0 Å². The predicted octanol–water partition coefficient (Wildman–Crippen LogP) is 2.56. The molecule has 0 radical (unpaired) electrons. The third-order valence-corrected chi connectivity index (χ3v) is 3.16. The highest BCUT2D eigenvalue weighted by Crippen LogP contribution is 2.20. The Morgan fingerprint density at radius 3 is 2.71 bits per heavy atom. The van der Waals surface area contributed by atoms with E-state index in [1.54, 1.807) is 0 Å². The van der Waals surface area contributed by atoms with Crippen LogP contribution in [0, 0.1) is 0 Å². The lowest BCUT2D eigenvalue weighted by atomic mass is 10.1. The fourth-order valence-electron chi connectivity index (χ4n) is 2.00. The Morgan fingerprint density at radius 2 is 2.06 bits per heavy atom. The minimum atomic E-state index is 0.772. The minimum absolute atomic E-state index is 0.772. The lowest BCUT2D eigenvalue weighted by molar-refractivity contribution is 0.362. The third-order valence-electron chi connectivity index (χ3n) is 3.16. The molecule has 1 aliphatic carbocycles. The van der Waals surface area contributed by atoms with Gasteiger partial charge >= 0.3 is 0 Å². The summed E-state index contributed by atoms with van der Waals surface area (Å²) in [4.78, 5) is 2.28. The van der Waals surface area contributed by atoms with E-state index in [4.69, 9.17) is 0 Å². The normalized spacial score (nSPS) is 15.2. The van der Waals surface area contributed by atoms with Gasteiger partial charge in [-0.25, -0.2) is 0 Å². The van der Waals surface area contributed by atoms with Crippen molar-refractivity contribution in [2.24, 2.45) is 0 Å². The van der Waals surface area contributed by atoms with Crippen LogP contribution < -0.4 is 5.32 Å². The van der Waals surface area contributed by atoms with Gasteiger partial charge < -0.3 is 5.32 Å². The smallest absolute Gasteiger partial charge is 0.0237 e. The first-order valence-corrected chi connectivity index (χ1v) is 6.39. The van der Waals surface area contributed by atoms with Crippen LogP contribution in [0.4, 0.5) is 0 Å². The van der Waals surface area contributed by atoms with Crippen molar-refractivity contribution >= 4 is 0 Å². The molecule has 17 heavy (non-hydrogen) atoms. The first-order chi connectivity index (χ1) is 8.29. The zero-order chi connectivity index (χ0) is 12.1. The largest absolute Gasteiger partial charge is 0.310 e. The molecule has 1 aromatic rings. The van der Waals surface area contributed by atoms with Crippen LogP contribution in [0.2, 0.25) is 0 Å². The fourth-order valence-corrected chi connectivity index (χ4v) is 2.00. The Labute approximate surface area is 104 Å². The van der Waals surface area contributed by atoms with Crippen LogP contribution in [0.1, 0.15) is 24.0 Å². The van der Waals surface area contributed by atoms with Crippen molar-refractivity contribution in [1.29, 1.82) is 0 Å². The van der Waals surface area contributed by atoms with Crippen LogP contribution in [0.15, 0.2) is 36.9 Å². The maximum Gasteiger partial charge on any atom is 0.0237 e. The Kier molecular flexibility index (Phi) is 4.35. The molecule has 1 aliphatic rings. The van der Waals surface area contributed by atoms with E-state index < -0.39 is 0 Å². The van der Waals surface area contributed by atoms with Crippen molar-refractivity contribution in [1.82, 2.24) is 10.2 Å². The molecule has 0 saturated heterocycles. The first-order valence-electron chi connectivity index (χ1n) is 6.39. The second-order valence-corrected chi connectivity index (χ2v) is 4.91. The minimum Gasteiger partial charge on any atom is -0.310 e. The Morgan fingerprint density at radius 1 is 1.35 bits per heavy atom. The average Bonchev–Trinajstić information content (AvgIpc) is 3.12. The first kappa shape index (κ1) is 12.3. The molecule has 0 bridgehead atoms. The van der Waals surface area contributed by atoms with Crippen LogP contribution in [0.25, 0.3) is 0 Å². The molecule has 0 heterocycles. The van der Waals surface area contributed by atoms with Crippen molar-refractivity contribution in [2.75, 3.05) is 13.6 Å². The van der Waals surface area contributed by atoms with Gasteiger partial charge in [-0.1, -0.05) is 30.3 Å². The highest BCUT2D eigenvalue weighted by atomic mass is 15.1. The van der Waals surface area contributed by atoms with Gasteiger partial charge in [0.1, 0.15) is 0 Å². The summed E-state index contributed by atoms with van der Waals surface area (Å²) in [5.74, 6) is 0. The van der Waals surface area contributed by atoms with E-state index in [0.717, 1.165) is 25.7 Å². The number of nitrogens with zero attached hydrogens (tertiary/aromatic N) is 1. The van der Waals surface area contributed by atoms with Gasteiger partial charge in [0.15, 0.2) is 0 Å². The Hall–Kier alpha value is -1.12. The molecule has 92 valence electrons. The third kappa shape index (κ3) is 3.99. The second kappa shape index (κ2) is 5.99. The molecule has 1 aromatic carbocycles. The molecule has 1 saturated carbocycles. The Balaban J connectivity index is 1.95. The standard InChI is InChI=1S/C15H22N2/c1-3-10-17(2)12-14-7-5-4-6-13(14)11-16-15-8-9-15/h3-7,15-16H,1,8-12H2,2H3. The summed E-state index contributed by atoms with van der Waals surface area (Å²) in [6, 6.07) is 9.48. The van der Waals surface area contributed by atoms with Gasteiger partial charge in [-0.05, 0) is 31.0 Å². The summed E-state index contributed by atoms with van der Waals surface area (Å²) in [6.45, 7) is 6.71. The molecule has 2 heteroatoms. The van der Waals surface area contributed by atoms with E-state index in [2.05, 4.69) is 48.1 Å². The van der Waals surface area contributed by atoms with Crippen molar-refractivity contribution in [3.8, 4) is 0 Å². The average molecular weight is 230 g/mol. The van der Waals surface area contributed by atoms with E-state index in [9.17, 15) is 0 Å². The summed E-state index contributed by atoms with van der Waals surface area (Å²) in [5.41, 5.74) is 2.85. The lowest BCUT2D eigenvalue weighted by Gasteiger charge is -2.17. The van der Waals surface area contributed by atoms with Crippen molar-refractivity contribution in [3.63, 3.8) is 0 Å². The van der Waals surface area contributed by atoms with E-state index in [1.165, 1.54) is 24.0 Å². The van der Waals surface area contributed by atoms with E-state index in [0.29, 0.717) is 0 Å². The van der Waals surface area contributed by atoms with Crippen molar-refractivity contribution in [3.05, 3.63) is 48.0 Å². The topological polar surface area (TPSA) is 15.3 Å². The van der Waals surface area contributed by atoms with Crippen LogP contribution >= 0.6 is 0 Å². The lowest BCUT2D eigenvalue weighted by Crippen LogP contribution is -2.21. The van der Waals surface area contributed by atoms with E-state index in [-0.39, 0.29) is 0 Å². The highest BCUT2D eigenvalue weighted by molar-refractivity contribution is 5.27. The van der Waals surface area contributed by atoms with Gasteiger partial charge in [-0.15, -0.1) is 6.58 Å². The van der Waals surface area contributed by atoms with Gasteiger partial charge in [-0.2, -0.15) is 0 Å². The fraction of sp³-hybridized carbons (Fsp3) is 0.467. The molecule has 0 amide bonds. The summed E-state index contributed by atoms with van der Waals surface area (Å²) in [6.07, 6.45) is 4.64. The summed E-state index contributed by atoms with van der Waals surface area (Å²) >= 11 is 0. The number of benzene rings is 1. The number of hydrogen-bond donors (Lipinski definition) is 1. The van der Waals surface area contributed by atoms with E-state index >= 15 is 0 Å². The Bertz CT molecular complexity index is 369. The number of likely N-dealkylation sites (N-methyl/N-ethyl adjacent to an activating group) is 1. The molecule has 0 spiro atoms. The second-order valence-electron chi connectivity index (χ2n) is 4.91. The molecule has 2 rings (SSSR count). The molecule has 1 N–H and O–H groups in total. The molecular weight excluding hydrogens is 208 g/mol. The molecule has 0 aromatic heterocycles. The SMILES string of the molecule is C=CCN(C)Cc1ccccc1CNC1CC1. The van der Waals surface area contributed by atoms with Crippen LogP contribution in [-0.4, -0.2) is 24.5 Å². The maximum absolute atomic E-state index is 3.78. The highest BCUT2D eigenvalue weighted by Gasteiger charge is 2.20. The molecule has 1 fully saturated rings. The van der Waals surface area contributed by atoms with Gasteiger partial charge in [-0.3, -0.25) is 4.90 Å². The molecule has 0 atom stereocenters. The zero-order valence-corrected chi connectivity index (χ0v) is 10.7. The monoisotopic (exact) mass is 230 g/mol. The van der Waals surface area contributed by atoms with Crippen LogP contribution in [0.5, 0.6) is 0 Å². The quantitative estimate of drug-likeness (QED) is 0.724. The molecule has 2 nitrogen and oxygen atoms in total. The van der Waals surface area contributed by atoms with Gasteiger partial charge in [0.25, 0.3) is 0 Å². The van der Waals surface area contributed by atoms with Crippen LogP contribution in [0.3, 0.4) is 0 Å². The molecule has 0 unspecified atom stereocenters. The van der Waals surface area contributed by atoms with Gasteiger partial charge in [0, 0.05) is 25.7 Å². The molecule has 0 aliphatic heterocycles. The van der Waals surface area contributed by atoms with Crippen LogP contribution in [-0.2, 0) is 13.1 Å². The van der Waals surface area contributed by atoms with Crippen molar-refractivity contribution in [2.45, 2.75) is 32.0 Å². The molecular formula is C15H22N2. The van der Waals surface area contributed by atoms with Gasteiger partial charge in [0.2, 0.25) is 0 Å². The zero-order valence-electron chi connectivity index (χ0n) is 10.7. The van der Waals surface area contributed by atoms with E-state index in [1.807, 2.05) is 6.08 Å². The maximum atomic E-state index is 3.78. The summed E-state index contributed by atoms with van der Waals surface area (Å²) in [5, 5.41) is 3.58. The summed E-state index contributed by atoms with van der Waals surface area (Å²) < 4.78 is 0.